The third-order valence-electron chi connectivity index (χ3n) is 8.69. The molecule has 0 atom stereocenters. The quantitative estimate of drug-likeness (QED) is 0.231. The molecule has 0 bridgehead atoms. The fourth-order valence-electron chi connectivity index (χ4n) is 6.18. The number of piperidine rings is 1. The van der Waals surface area contributed by atoms with E-state index in [1.165, 1.54) is 55.6 Å². The highest BCUT2D eigenvalue weighted by molar-refractivity contribution is 9.10. The molecule has 2 saturated heterocycles. The summed E-state index contributed by atoms with van der Waals surface area (Å²) in [5.41, 5.74) is 5.95. The maximum atomic E-state index is 5.87. The summed E-state index contributed by atoms with van der Waals surface area (Å²) in [6, 6.07) is 9.13. The van der Waals surface area contributed by atoms with E-state index in [0.29, 0.717) is 17.8 Å². The normalized spacial score (nSPS) is 16.9. The number of anilines is 5. The summed E-state index contributed by atoms with van der Waals surface area (Å²) in [7, 11) is 3.54. The van der Waals surface area contributed by atoms with E-state index in [9.17, 15) is 0 Å². The van der Waals surface area contributed by atoms with E-state index in [0.717, 1.165) is 45.7 Å². The molecule has 2 fully saturated rings. The van der Waals surface area contributed by atoms with Crippen molar-refractivity contribution in [1.29, 1.82) is 0 Å². The molecule has 0 radical (unpaired) electrons. The van der Waals surface area contributed by atoms with Crippen LogP contribution in [-0.2, 0) is 0 Å². The summed E-state index contributed by atoms with van der Waals surface area (Å²) in [5.74, 6) is 1.91. The highest BCUT2D eigenvalue weighted by Crippen LogP contribution is 2.37. The first-order valence-electron chi connectivity index (χ1n) is 15.1. The number of nitrogens with one attached hydrogen (secondary N) is 2. The second kappa shape index (κ2) is 13.5. The van der Waals surface area contributed by atoms with Crippen molar-refractivity contribution in [3.05, 3.63) is 52.9 Å². The number of nitrogens with zero attached hydrogens (tertiary/aromatic N) is 7. The zero-order valence-corrected chi connectivity index (χ0v) is 28.6. The number of ether oxygens (including phenoxy) is 1. The van der Waals surface area contributed by atoms with E-state index in [2.05, 4.69) is 102 Å². The Hall–Kier alpha value is -3.11. The van der Waals surface area contributed by atoms with Crippen molar-refractivity contribution in [3.8, 4) is 5.75 Å². The number of hydrogen-bond donors (Lipinski definition) is 2. The number of rotatable bonds is 8. The maximum absolute atomic E-state index is 5.87. The Balaban J connectivity index is 1.19. The Morgan fingerprint density at radius 3 is 2.27 bits per heavy atom. The predicted octanol–water partition coefficient (Wildman–Crippen LogP) is 5.57. The molecule has 6 rings (SSSR count). The molecule has 2 aliphatic heterocycles. The second-order valence-electron chi connectivity index (χ2n) is 11.8. The second-order valence-corrected chi connectivity index (χ2v) is 15.0. The topological polar surface area (TPSA) is 94.6 Å². The van der Waals surface area contributed by atoms with Crippen LogP contribution in [0.15, 0.2) is 47.3 Å². The molecule has 0 spiro atoms. The highest BCUT2D eigenvalue weighted by atomic mass is 79.9. The maximum Gasteiger partial charge on any atom is 0.229 e. The molecule has 2 N–H and O–H groups in total. The largest absolute Gasteiger partial charge is 0.494 e. The van der Waals surface area contributed by atoms with Gasteiger partial charge in [-0.25, -0.2) is 4.98 Å². The summed E-state index contributed by atoms with van der Waals surface area (Å²) in [6.07, 6.45) is 7.59. The van der Waals surface area contributed by atoms with Gasteiger partial charge in [0.25, 0.3) is 0 Å². The average molecular weight is 679 g/mol. The summed E-state index contributed by atoms with van der Waals surface area (Å²) in [5, 5.41) is 8.14. The molecule has 2 aromatic heterocycles. The Bertz CT molecular complexity index is 1620. The van der Waals surface area contributed by atoms with E-state index >= 15 is 0 Å². The van der Waals surface area contributed by atoms with Crippen molar-refractivity contribution in [1.82, 2.24) is 29.7 Å². The molecule has 0 saturated carbocycles. The SMILES string of the molecule is COc1cc(N2CCC(N3CCN(C)CC3)CC2)c(C)cc1Nc1ncc(Br)c(Nc2cc3nccnc3cc2P(C)C)n1. The lowest BCUT2D eigenvalue weighted by Crippen LogP contribution is -2.52. The first kappa shape index (κ1) is 30.9. The number of piperazine rings is 1. The van der Waals surface area contributed by atoms with Crippen LogP contribution in [0.25, 0.3) is 11.0 Å². The van der Waals surface area contributed by atoms with Gasteiger partial charge in [0.15, 0.2) is 0 Å². The molecular weight excluding hydrogens is 637 g/mol. The van der Waals surface area contributed by atoms with Crippen LogP contribution < -0.4 is 25.6 Å². The van der Waals surface area contributed by atoms with Gasteiger partial charge in [0.05, 0.1) is 28.3 Å². The van der Waals surface area contributed by atoms with Crippen LogP contribution >= 0.6 is 23.9 Å². The fraction of sp³-hybridized carbons (Fsp3) is 0.438. The number of likely N-dealkylation sites (N-methyl/N-ethyl adjacent to an activating group) is 1. The number of fused-ring (bicyclic) bond motifs is 1. The molecule has 12 heteroatoms. The smallest absolute Gasteiger partial charge is 0.229 e. The third kappa shape index (κ3) is 6.76. The van der Waals surface area contributed by atoms with Gasteiger partial charge in [-0.1, -0.05) is 7.92 Å². The molecule has 44 heavy (non-hydrogen) atoms. The van der Waals surface area contributed by atoms with Gasteiger partial charge in [0.2, 0.25) is 5.95 Å². The van der Waals surface area contributed by atoms with Crippen LogP contribution in [0.2, 0.25) is 0 Å². The van der Waals surface area contributed by atoms with E-state index < -0.39 is 7.92 Å². The van der Waals surface area contributed by atoms with E-state index in [4.69, 9.17) is 9.72 Å². The minimum absolute atomic E-state index is 0.399. The van der Waals surface area contributed by atoms with Crippen molar-refractivity contribution in [2.75, 3.05) is 82.3 Å². The summed E-state index contributed by atoms with van der Waals surface area (Å²) in [4.78, 5) is 26.0. The Kier molecular flexibility index (Phi) is 9.47. The van der Waals surface area contributed by atoms with Gasteiger partial charge in [-0.05, 0) is 79.8 Å². The van der Waals surface area contributed by atoms with Crippen molar-refractivity contribution in [3.63, 3.8) is 0 Å². The number of benzene rings is 2. The van der Waals surface area contributed by atoms with Crippen molar-refractivity contribution < 1.29 is 4.74 Å². The number of halogens is 1. The van der Waals surface area contributed by atoms with Crippen molar-refractivity contribution in [2.45, 2.75) is 25.8 Å². The zero-order chi connectivity index (χ0) is 30.8. The molecule has 232 valence electrons. The van der Waals surface area contributed by atoms with E-state index in [-0.39, 0.29) is 0 Å². The summed E-state index contributed by atoms with van der Waals surface area (Å²) < 4.78 is 6.64. The molecule has 10 nitrogen and oxygen atoms in total. The van der Waals surface area contributed by atoms with E-state index in [1.54, 1.807) is 25.7 Å². The molecule has 0 aliphatic carbocycles. The monoisotopic (exact) mass is 677 g/mol. The number of aryl methyl sites for hydroxylation is 1. The lowest BCUT2D eigenvalue weighted by Gasteiger charge is -2.43. The molecule has 0 amide bonds. The zero-order valence-electron chi connectivity index (χ0n) is 26.1. The average Bonchev–Trinajstić information content (AvgIpc) is 3.03. The Labute approximate surface area is 269 Å². The van der Waals surface area contributed by atoms with Gasteiger partial charge in [0, 0.05) is 86.6 Å². The van der Waals surface area contributed by atoms with Crippen LogP contribution in [-0.4, -0.2) is 103 Å². The third-order valence-corrected chi connectivity index (χ3v) is 10.6. The summed E-state index contributed by atoms with van der Waals surface area (Å²) >= 11 is 3.64. The first-order valence-corrected chi connectivity index (χ1v) is 18.2. The van der Waals surface area contributed by atoms with Gasteiger partial charge in [-0.15, -0.1) is 0 Å². The van der Waals surface area contributed by atoms with Gasteiger partial charge in [-0.3, -0.25) is 14.9 Å². The van der Waals surface area contributed by atoms with Crippen LogP contribution in [0.5, 0.6) is 5.75 Å². The van der Waals surface area contributed by atoms with E-state index in [1.807, 2.05) is 6.07 Å². The van der Waals surface area contributed by atoms with Gasteiger partial charge >= 0.3 is 0 Å². The van der Waals surface area contributed by atoms with Crippen molar-refractivity contribution >= 4 is 69.0 Å². The Morgan fingerprint density at radius 1 is 0.886 bits per heavy atom. The lowest BCUT2D eigenvalue weighted by atomic mass is 10.0. The highest BCUT2D eigenvalue weighted by Gasteiger charge is 2.28. The van der Waals surface area contributed by atoms with Gasteiger partial charge in [-0.2, -0.15) is 4.98 Å². The first-order chi connectivity index (χ1) is 21.3. The van der Waals surface area contributed by atoms with Crippen molar-refractivity contribution in [2.24, 2.45) is 0 Å². The number of aromatic nitrogens is 4. The van der Waals surface area contributed by atoms with Gasteiger partial charge < -0.3 is 25.2 Å². The molecule has 4 heterocycles. The van der Waals surface area contributed by atoms with Crippen LogP contribution in [0.3, 0.4) is 0 Å². The standard InChI is InChI=1S/C32H41BrN9OP/c1-21-16-26(29(43-3)19-28(21)42-10-6-22(7-11-42)41-14-12-40(2)13-15-41)38-32-36-20-23(33)31(39-32)37-27-17-24-25(35-9-8-34-24)18-30(27)44(4)5/h8-9,16-20,22H,6-7,10-15H2,1-5H3,(H2,36,37,38,39). The predicted molar refractivity (Wildman–Crippen MR) is 186 cm³/mol. The lowest BCUT2D eigenvalue weighted by molar-refractivity contribution is 0.0982. The van der Waals surface area contributed by atoms with Crippen LogP contribution in [0, 0.1) is 6.92 Å². The Morgan fingerprint density at radius 2 is 1.59 bits per heavy atom. The molecule has 2 aromatic carbocycles. The van der Waals surface area contributed by atoms with Crippen LogP contribution in [0.4, 0.5) is 28.8 Å². The summed E-state index contributed by atoms with van der Waals surface area (Å²) in [6.45, 7) is 13.4. The molecule has 4 aromatic rings. The minimum atomic E-state index is -0.399. The number of hydrogen-bond acceptors (Lipinski definition) is 10. The van der Waals surface area contributed by atoms with Crippen LogP contribution in [0.1, 0.15) is 18.4 Å². The fourth-order valence-corrected chi connectivity index (χ4v) is 7.45. The molecular formula is C32H41BrN9OP. The van der Waals surface area contributed by atoms with Gasteiger partial charge in [0.1, 0.15) is 11.6 Å². The molecule has 0 unspecified atom stereocenters. The molecule has 2 aliphatic rings. The number of methoxy groups -OCH3 is 1. The minimum Gasteiger partial charge on any atom is -0.494 e.